The molecule has 0 radical (unpaired) electrons. The van der Waals surface area contributed by atoms with Crippen molar-refractivity contribution < 1.29 is 9.53 Å². The number of anilines is 2. The number of rotatable bonds is 6. The number of pyridine rings is 2. The second kappa shape index (κ2) is 7.92. The number of hydrogen-bond donors (Lipinski definition) is 2. The lowest BCUT2D eigenvalue weighted by Crippen LogP contribution is -2.24. The van der Waals surface area contributed by atoms with Crippen molar-refractivity contribution in [1.82, 2.24) is 15.3 Å². The summed E-state index contributed by atoms with van der Waals surface area (Å²) in [5.74, 6) is 0.530. The number of amides is 1. The van der Waals surface area contributed by atoms with Gasteiger partial charge in [0.25, 0.3) is 5.91 Å². The molecule has 2 aromatic heterocycles. The standard InChI is InChI=1S/C19H18N4O2/c1-25-17-7-4-6-14(11-17)23-16-8-9-18(21-13-16)19(24)22-12-15-5-2-3-10-20-15/h2-11,13,23H,12H2,1H3,(H,22,24). The average Bonchev–Trinajstić information content (AvgIpc) is 2.67. The molecule has 0 aliphatic heterocycles. The molecule has 0 fully saturated rings. The van der Waals surface area contributed by atoms with E-state index in [-0.39, 0.29) is 5.91 Å². The first-order valence-electron chi connectivity index (χ1n) is 7.80. The Labute approximate surface area is 145 Å². The molecule has 0 unspecified atom stereocenters. The second-order valence-electron chi connectivity index (χ2n) is 5.29. The zero-order valence-corrected chi connectivity index (χ0v) is 13.8. The van der Waals surface area contributed by atoms with Crippen LogP contribution in [-0.4, -0.2) is 23.0 Å². The van der Waals surface area contributed by atoms with Crippen LogP contribution in [0.25, 0.3) is 0 Å². The fourth-order valence-electron chi connectivity index (χ4n) is 2.23. The van der Waals surface area contributed by atoms with Crippen LogP contribution in [0.1, 0.15) is 16.2 Å². The van der Waals surface area contributed by atoms with E-state index in [0.29, 0.717) is 12.2 Å². The van der Waals surface area contributed by atoms with Crippen LogP contribution in [0.15, 0.2) is 67.0 Å². The molecule has 3 rings (SSSR count). The van der Waals surface area contributed by atoms with Crippen LogP contribution < -0.4 is 15.4 Å². The van der Waals surface area contributed by atoms with E-state index in [1.807, 2.05) is 48.5 Å². The van der Waals surface area contributed by atoms with Crippen molar-refractivity contribution in [3.05, 3.63) is 78.4 Å². The smallest absolute Gasteiger partial charge is 0.270 e. The molecule has 0 aliphatic rings. The third-order valence-corrected chi connectivity index (χ3v) is 3.51. The van der Waals surface area contributed by atoms with E-state index in [9.17, 15) is 4.79 Å². The molecule has 1 aromatic carbocycles. The number of nitrogens with zero attached hydrogens (tertiary/aromatic N) is 2. The molecule has 25 heavy (non-hydrogen) atoms. The monoisotopic (exact) mass is 334 g/mol. The number of hydrogen-bond acceptors (Lipinski definition) is 5. The Bertz CT molecular complexity index is 836. The van der Waals surface area contributed by atoms with Crippen LogP contribution in [0.4, 0.5) is 11.4 Å². The molecular weight excluding hydrogens is 316 g/mol. The summed E-state index contributed by atoms with van der Waals surface area (Å²) in [7, 11) is 1.62. The Morgan fingerprint density at radius 2 is 1.96 bits per heavy atom. The fraction of sp³-hybridized carbons (Fsp3) is 0.105. The van der Waals surface area contributed by atoms with E-state index >= 15 is 0 Å². The van der Waals surface area contributed by atoms with Crippen LogP contribution in [0.5, 0.6) is 5.75 Å². The number of nitrogens with one attached hydrogen (secondary N) is 2. The van der Waals surface area contributed by atoms with Gasteiger partial charge in [-0.2, -0.15) is 0 Å². The lowest BCUT2D eigenvalue weighted by atomic mass is 10.2. The van der Waals surface area contributed by atoms with Gasteiger partial charge in [0.2, 0.25) is 0 Å². The van der Waals surface area contributed by atoms with Gasteiger partial charge in [-0.3, -0.25) is 9.78 Å². The van der Waals surface area contributed by atoms with Crippen LogP contribution in [0, 0.1) is 0 Å². The Kier molecular flexibility index (Phi) is 5.21. The fourth-order valence-corrected chi connectivity index (χ4v) is 2.23. The van der Waals surface area contributed by atoms with Gasteiger partial charge in [0.1, 0.15) is 11.4 Å². The van der Waals surface area contributed by atoms with Gasteiger partial charge in [0.15, 0.2) is 0 Å². The molecule has 0 bridgehead atoms. The van der Waals surface area contributed by atoms with Gasteiger partial charge in [-0.15, -0.1) is 0 Å². The van der Waals surface area contributed by atoms with Crippen LogP contribution in [-0.2, 0) is 6.54 Å². The van der Waals surface area contributed by atoms with Crippen molar-refractivity contribution in [1.29, 1.82) is 0 Å². The molecule has 1 amide bonds. The summed E-state index contributed by atoms with van der Waals surface area (Å²) in [6, 6.07) is 16.6. The lowest BCUT2D eigenvalue weighted by molar-refractivity contribution is 0.0945. The first-order valence-corrected chi connectivity index (χ1v) is 7.80. The molecule has 0 saturated heterocycles. The first kappa shape index (κ1) is 16.4. The van der Waals surface area contributed by atoms with E-state index in [2.05, 4.69) is 20.6 Å². The third kappa shape index (κ3) is 4.54. The van der Waals surface area contributed by atoms with E-state index in [4.69, 9.17) is 4.74 Å². The molecule has 0 aliphatic carbocycles. The predicted molar refractivity (Wildman–Crippen MR) is 95.9 cm³/mol. The largest absolute Gasteiger partial charge is 0.497 e. The highest BCUT2D eigenvalue weighted by molar-refractivity contribution is 5.92. The van der Waals surface area contributed by atoms with Crippen molar-refractivity contribution in [2.75, 3.05) is 12.4 Å². The van der Waals surface area contributed by atoms with Gasteiger partial charge in [0, 0.05) is 18.0 Å². The van der Waals surface area contributed by atoms with Crippen LogP contribution in [0.2, 0.25) is 0 Å². The zero-order chi connectivity index (χ0) is 17.5. The van der Waals surface area contributed by atoms with Gasteiger partial charge in [-0.05, 0) is 36.4 Å². The number of ether oxygens (including phenoxy) is 1. The average molecular weight is 334 g/mol. The number of aromatic nitrogens is 2. The Morgan fingerprint density at radius 3 is 2.68 bits per heavy atom. The van der Waals surface area contributed by atoms with Crippen molar-refractivity contribution in [2.45, 2.75) is 6.54 Å². The Hall–Kier alpha value is -3.41. The minimum Gasteiger partial charge on any atom is -0.497 e. The molecular formula is C19H18N4O2. The maximum atomic E-state index is 12.1. The van der Waals surface area contributed by atoms with E-state index in [1.165, 1.54) is 0 Å². The van der Waals surface area contributed by atoms with Gasteiger partial charge < -0.3 is 15.4 Å². The number of methoxy groups -OCH3 is 1. The van der Waals surface area contributed by atoms with Crippen molar-refractivity contribution in [3.63, 3.8) is 0 Å². The maximum Gasteiger partial charge on any atom is 0.270 e. The highest BCUT2D eigenvalue weighted by atomic mass is 16.5. The summed E-state index contributed by atoms with van der Waals surface area (Å²) in [5.41, 5.74) is 2.82. The summed E-state index contributed by atoms with van der Waals surface area (Å²) in [5, 5.41) is 6.02. The molecule has 0 saturated carbocycles. The van der Waals surface area contributed by atoms with Crippen molar-refractivity contribution >= 4 is 17.3 Å². The van der Waals surface area contributed by atoms with E-state index in [1.54, 1.807) is 25.6 Å². The third-order valence-electron chi connectivity index (χ3n) is 3.51. The van der Waals surface area contributed by atoms with Crippen LogP contribution >= 0.6 is 0 Å². The Morgan fingerprint density at radius 1 is 1.04 bits per heavy atom. The van der Waals surface area contributed by atoms with Gasteiger partial charge in [-0.1, -0.05) is 12.1 Å². The molecule has 2 N–H and O–H groups in total. The molecule has 126 valence electrons. The van der Waals surface area contributed by atoms with E-state index < -0.39 is 0 Å². The Balaban J connectivity index is 1.60. The summed E-state index contributed by atoms with van der Waals surface area (Å²) in [6.07, 6.45) is 3.31. The summed E-state index contributed by atoms with van der Waals surface area (Å²) in [4.78, 5) is 20.5. The topological polar surface area (TPSA) is 76.1 Å². The minimum absolute atomic E-state index is 0.237. The zero-order valence-electron chi connectivity index (χ0n) is 13.8. The normalized spacial score (nSPS) is 10.1. The molecule has 3 aromatic rings. The predicted octanol–water partition coefficient (Wildman–Crippen LogP) is 3.16. The summed E-state index contributed by atoms with van der Waals surface area (Å²) < 4.78 is 5.19. The summed E-state index contributed by atoms with van der Waals surface area (Å²) >= 11 is 0. The summed E-state index contributed by atoms with van der Waals surface area (Å²) in [6.45, 7) is 0.366. The highest BCUT2D eigenvalue weighted by Gasteiger charge is 2.07. The quantitative estimate of drug-likeness (QED) is 0.724. The SMILES string of the molecule is COc1cccc(Nc2ccc(C(=O)NCc3ccccn3)nc2)c1. The van der Waals surface area contributed by atoms with Gasteiger partial charge in [-0.25, -0.2) is 4.98 Å². The van der Waals surface area contributed by atoms with E-state index in [0.717, 1.165) is 22.8 Å². The van der Waals surface area contributed by atoms with Crippen molar-refractivity contribution in [3.8, 4) is 5.75 Å². The molecule has 0 atom stereocenters. The maximum absolute atomic E-state index is 12.1. The van der Waals surface area contributed by atoms with Gasteiger partial charge >= 0.3 is 0 Å². The molecule has 6 heteroatoms. The minimum atomic E-state index is -0.237. The van der Waals surface area contributed by atoms with Crippen molar-refractivity contribution in [2.24, 2.45) is 0 Å². The second-order valence-corrected chi connectivity index (χ2v) is 5.29. The first-order chi connectivity index (χ1) is 12.2. The van der Waals surface area contributed by atoms with Crippen LogP contribution in [0.3, 0.4) is 0 Å². The lowest BCUT2D eigenvalue weighted by Gasteiger charge is -2.09. The number of carbonyl (C=O) groups excluding carboxylic acids is 1. The number of carbonyl (C=O) groups is 1. The highest BCUT2D eigenvalue weighted by Crippen LogP contribution is 2.20. The molecule has 6 nitrogen and oxygen atoms in total. The van der Waals surface area contributed by atoms with Gasteiger partial charge in [0.05, 0.1) is 31.2 Å². The molecule has 0 spiro atoms. The number of benzene rings is 1. The molecule has 2 heterocycles.